The van der Waals surface area contributed by atoms with Crippen LogP contribution in [0.1, 0.15) is 25.0 Å². The maximum absolute atomic E-state index is 12.6. The Morgan fingerprint density at radius 1 is 1.19 bits per heavy atom. The third kappa shape index (κ3) is 3.32. The van der Waals surface area contributed by atoms with Crippen LogP contribution in [0.3, 0.4) is 0 Å². The highest BCUT2D eigenvalue weighted by Crippen LogP contribution is 2.27. The van der Waals surface area contributed by atoms with E-state index >= 15 is 0 Å². The van der Waals surface area contributed by atoms with Crippen molar-refractivity contribution < 1.29 is 4.79 Å². The van der Waals surface area contributed by atoms with Crippen LogP contribution in [0.2, 0.25) is 0 Å². The van der Waals surface area contributed by atoms with E-state index in [2.05, 4.69) is 27.3 Å². The van der Waals surface area contributed by atoms with Crippen LogP contribution in [0.4, 0.5) is 5.69 Å². The molecule has 0 unspecified atom stereocenters. The largest absolute Gasteiger partial charge is 0.324 e. The molecular formula is C17H15BrN2O. The van der Waals surface area contributed by atoms with Crippen molar-refractivity contribution in [2.45, 2.75) is 19.3 Å². The van der Waals surface area contributed by atoms with Crippen LogP contribution < -0.4 is 5.32 Å². The third-order valence-electron chi connectivity index (χ3n) is 3.41. The van der Waals surface area contributed by atoms with Crippen molar-refractivity contribution in [2.24, 2.45) is 0 Å². The van der Waals surface area contributed by atoms with Crippen molar-refractivity contribution in [3.05, 3.63) is 64.1 Å². The first-order valence-electron chi connectivity index (χ1n) is 6.52. The zero-order valence-corrected chi connectivity index (χ0v) is 13.4. The van der Waals surface area contributed by atoms with Crippen molar-refractivity contribution >= 4 is 27.5 Å². The van der Waals surface area contributed by atoms with Crippen LogP contribution in [0.15, 0.2) is 53.0 Å². The lowest BCUT2D eigenvalue weighted by molar-refractivity contribution is -0.120. The molecule has 4 heteroatoms. The molecule has 0 saturated heterocycles. The van der Waals surface area contributed by atoms with Crippen molar-refractivity contribution in [3.8, 4) is 6.07 Å². The summed E-state index contributed by atoms with van der Waals surface area (Å²) >= 11 is 3.35. The monoisotopic (exact) mass is 342 g/mol. The van der Waals surface area contributed by atoms with Crippen molar-refractivity contribution in [2.75, 3.05) is 5.32 Å². The van der Waals surface area contributed by atoms with Crippen LogP contribution >= 0.6 is 15.9 Å². The van der Waals surface area contributed by atoms with Crippen LogP contribution in [0.5, 0.6) is 0 Å². The van der Waals surface area contributed by atoms with Gasteiger partial charge >= 0.3 is 0 Å². The topological polar surface area (TPSA) is 52.9 Å². The number of halogens is 1. The van der Waals surface area contributed by atoms with Gasteiger partial charge in [0.05, 0.1) is 16.7 Å². The zero-order chi connectivity index (χ0) is 15.5. The summed E-state index contributed by atoms with van der Waals surface area (Å²) in [5.41, 5.74) is 1.20. The molecule has 106 valence electrons. The summed E-state index contributed by atoms with van der Waals surface area (Å²) in [6.45, 7) is 3.73. The van der Waals surface area contributed by atoms with Gasteiger partial charge in [0.25, 0.3) is 0 Å². The number of rotatable bonds is 3. The lowest BCUT2D eigenvalue weighted by atomic mass is 9.83. The lowest BCUT2D eigenvalue weighted by Crippen LogP contribution is -2.34. The predicted molar refractivity (Wildman–Crippen MR) is 87.0 cm³/mol. The molecule has 2 aromatic carbocycles. The molecule has 1 N–H and O–H groups in total. The molecule has 0 bridgehead atoms. The van der Waals surface area contributed by atoms with Gasteiger partial charge in [0.1, 0.15) is 6.07 Å². The summed E-state index contributed by atoms with van der Waals surface area (Å²) in [7, 11) is 0. The van der Waals surface area contributed by atoms with Gasteiger partial charge in [-0.3, -0.25) is 4.79 Å². The molecular weight excluding hydrogens is 328 g/mol. The summed E-state index contributed by atoms with van der Waals surface area (Å²) in [4.78, 5) is 12.6. The Labute approximate surface area is 132 Å². The van der Waals surface area contributed by atoms with Gasteiger partial charge in [-0.1, -0.05) is 46.3 Å². The summed E-state index contributed by atoms with van der Waals surface area (Å²) in [6, 6.07) is 16.8. The summed E-state index contributed by atoms with van der Waals surface area (Å²) in [5, 5.41) is 12.0. The SMILES string of the molecule is CC(C)(C(=O)Nc1cc(Br)ccc1C#N)c1ccccc1. The highest BCUT2D eigenvalue weighted by molar-refractivity contribution is 9.10. The van der Waals surface area contributed by atoms with Gasteiger partial charge in [-0.15, -0.1) is 0 Å². The van der Waals surface area contributed by atoms with Gasteiger partial charge in [0.2, 0.25) is 5.91 Å². The van der Waals surface area contributed by atoms with Crippen molar-refractivity contribution in [3.63, 3.8) is 0 Å². The van der Waals surface area contributed by atoms with E-state index in [4.69, 9.17) is 5.26 Å². The van der Waals surface area contributed by atoms with Crippen LogP contribution in [-0.2, 0) is 10.2 Å². The first kappa shape index (κ1) is 15.3. The Balaban J connectivity index is 2.30. The highest BCUT2D eigenvalue weighted by Gasteiger charge is 2.30. The fourth-order valence-electron chi connectivity index (χ4n) is 1.98. The van der Waals surface area contributed by atoms with E-state index in [9.17, 15) is 4.79 Å². The van der Waals surface area contributed by atoms with E-state index in [0.29, 0.717) is 11.3 Å². The minimum atomic E-state index is -0.684. The smallest absolute Gasteiger partial charge is 0.234 e. The first-order chi connectivity index (χ1) is 9.95. The third-order valence-corrected chi connectivity index (χ3v) is 3.91. The summed E-state index contributed by atoms with van der Waals surface area (Å²) < 4.78 is 0.814. The average molecular weight is 343 g/mol. The van der Waals surface area contributed by atoms with Gasteiger partial charge in [-0.25, -0.2) is 0 Å². The number of carbonyl (C=O) groups is 1. The quantitative estimate of drug-likeness (QED) is 0.906. The zero-order valence-electron chi connectivity index (χ0n) is 11.9. The Bertz CT molecular complexity index is 702. The molecule has 0 saturated carbocycles. The molecule has 3 nitrogen and oxygen atoms in total. The number of nitriles is 1. The minimum Gasteiger partial charge on any atom is -0.324 e. The van der Waals surface area contributed by atoms with Crippen molar-refractivity contribution in [1.82, 2.24) is 0 Å². The maximum atomic E-state index is 12.6. The fourth-order valence-corrected chi connectivity index (χ4v) is 2.34. The van der Waals surface area contributed by atoms with Gasteiger partial charge in [0, 0.05) is 4.47 Å². The van der Waals surface area contributed by atoms with E-state index in [1.54, 1.807) is 18.2 Å². The highest BCUT2D eigenvalue weighted by atomic mass is 79.9. The molecule has 0 fully saturated rings. The number of anilines is 1. The van der Waals surface area contributed by atoms with E-state index in [1.807, 2.05) is 44.2 Å². The second-order valence-electron chi connectivity index (χ2n) is 5.25. The van der Waals surface area contributed by atoms with Gasteiger partial charge in [-0.2, -0.15) is 5.26 Å². The summed E-state index contributed by atoms with van der Waals surface area (Å²) in [5.74, 6) is -0.150. The molecule has 0 heterocycles. The fraction of sp³-hybridized carbons (Fsp3) is 0.176. The van der Waals surface area contributed by atoms with Crippen LogP contribution in [-0.4, -0.2) is 5.91 Å². The minimum absolute atomic E-state index is 0.150. The Morgan fingerprint density at radius 3 is 2.48 bits per heavy atom. The standard InChI is InChI=1S/C17H15BrN2O/c1-17(2,13-6-4-3-5-7-13)16(21)20-15-10-14(18)9-8-12(15)11-19/h3-10H,1-2H3,(H,20,21). The van der Waals surface area contributed by atoms with Crippen LogP contribution in [0, 0.1) is 11.3 Å². The van der Waals surface area contributed by atoms with E-state index < -0.39 is 5.41 Å². The number of nitrogens with one attached hydrogen (secondary N) is 1. The molecule has 0 atom stereocenters. The maximum Gasteiger partial charge on any atom is 0.234 e. The number of nitrogens with zero attached hydrogens (tertiary/aromatic N) is 1. The molecule has 1 amide bonds. The lowest BCUT2D eigenvalue weighted by Gasteiger charge is -2.24. The Morgan fingerprint density at radius 2 is 1.86 bits per heavy atom. The molecule has 0 aliphatic carbocycles. The van der Waals surface area contributed by atoms with Gasteiger partial charge in [-0.05, 0) is 37.6 Å². The van der Waals surface area contributed by atoms with E-state index in [1.165, 1.54) is 0 Å². The normalized spacial score (nSPS) is 10.8. The number of carbonyl (C=O) groups excluding carboxylic acids is 1. The van der Waals surface area contributed by atoms with Crippen molar-refractivity contribution in [1.29, 1.82) is 5.26 Å². The molecule has 0 aromatic heterocycles. The number of amides is 1. The first-order valence-corrected chi connectivity index (χ1v) is 7.31. The molecule has 21 heavy (non-hydrogen) atoms. The Hall–Kier alpha value is -2.12. The number of hydrogen-bond acceptors (Lipinski definition) is 2. The molecule has 2 rings (SSSR count). The average Bonchev–Trinajstić information content (AvgIpc) is 2.48. The molecule has 0 spiro atoms. The molecule has 0 radical (unpaired) electrons. The van der Waals surface area contributed by atoms with Gasteiger partial charge < -0.3 is 5.32 Å². The second kappa shape index (κ2) is 6.11. The predicted octanol–water partition coefficient (Wildman–Crippen LogP) is 4.24. The molecule has 2 aromatic rings. The number of hydrogen-bond donors (Lipinski definition) is 1. The Kier molecular flexibility index (Phi) is 4.44. The number of benzene rings is 2. The summed E-state index contributed by atoms with van der Waals surface area (Å²) in [6.07, 6.45) is 0. The van der Waals surface area contributed by atoms with E-state index in [-0.39, 0.29) is 5.91 Å². The molecule has 0 aliphatic heterocycles. The molecule has 0 aliphatic rings. The second-order valence-corrected chi connectivity index (χ2v) is 6.16. The van der Waals surface area contributed by atoms with E-state index in [0.717, 1.165) is 10.0 Å². The van der Waals surface area contributed by atoms with Gasteiger partial charge in [0.15, 0.2) is 0 Å². The van der Waals surface area contributed by atoms with Crippen LogP contribution in [0.25, 0.3) is 0 Å².